The van der Waals surface area contributed by atoms with Gasteiger partial charge >= 0.3 is 5.97 Å². The van der Waals surface area contributed by atoms with Gasteiger partial charge in [0.05, 0.1) is 13.0 Å². The molecule has 1 aromatic rings. The van der Waals surface area contributed by atoms with E-state index in [0.29, 0.717) is 11.3 Å². The maximum absolute atomic E-state index is 12.3. The average Bonchev–Trinajstić information content (AvgIpc) is 2.92. The van der Waals surface area contributed by atoms with Gasteiger partial charge in [-0.1, -0.05) is 18.2 Å². The Bertz CT molecular complexity index is 659. The first-order chi connectivity index (χ1) is 10.3. The lowest BCUT2D eigenvalue weighted by Gasteiger charge is -2.21. The first kappa shape index (κ1) is 16.7. The first-order valence-corrected chi connectivity index (χ1v) is 8.22. The quantitative estimate of drug-likeness (QED) is 0.855. The van der Waals surface area contributed by atoms with E-state index >= 15 is 0 Å². The van der Waals surface area contributed by atoms with Gasteiger partial charge in [0.25, 0.3) is 10.2 Å². The molecule has 1 aliphatic rings. The summed E-state index contributed by atoms with van der Waals surface area (Å²) < 4.78 is 32.1. The summed E-state index contributed by atoms with van der Waals surface area (Å²) in [5.41, 5.74) is 0.717. The topological polar surface area (TPSA) is 87.2 Å². The van der Waals surface area contributed by atoms with Crippen LogP contribution < -0.4 is 4.74 Å². The van der Waals surface area contributed by atoms with Gasteiger partial charge in [-0.15, -0.1) is 0 Å². The van der Waals surface area contributed by atoms with E-state index in [1.54, 1.807) is 24.3 Å². The smallest absolute Gasteiger partial charge is 0.308 e. The van der Waals surface area contributed by atoms with Crippen molar-refractivity contribution in [1.29, 1.82) is 0 Å². The molecule has 2 atom stereocenters. The number of aliphatic carboxylic acids is 1. The number of hydrogen-bond acceptors (Lipinski definition) is 4. The van der Waals surface area contributed by atoms with Gasteiger partial charge in [-0.25, -0.2) is 0 Å². The zero-order chi connectivity index (χ0) is 16.5. The molecule has 1 aromatic carbocycles. The van der Waals surface area contributed by atoms with Gasteiger partial charge < -0.3 is 9.84 Å². The molecule has 0 unspecified atom stereocenters. The Morgan fingerprint density at radius 2 is 1.95 bits per heavy atom. The van der Waals surface area contributed by atoms with E-state index in [4.69, 9.17) is 4.74 Å². The summed E-state index contributed by atoms with van der Waals surface area (Å²) in [5, 5.41) is 9.45. The van der Waals surface area contributed by atoms with E-state index in [1.165, 1.54) is 25.5 Å². The predicted octanol–water partition coefficient (Wildman–Crippen LogP) is 0.602. The third-order valence-electron chi connectivity index (χ3n) is 3.93. The summed E-state index contributed by atoms with van der Waals surface area (Å²) in [6.45, 7) is 0.0798. The zero-order valence-electron chi connectivity index (χ0n) is 12.8. The minimum Gasteiger partial charge on any atom is -0.496 e. The van der Waals surface area contributed by atoms with Crippen molar-refractivity contribution < 1.29 is 23.1 Å². The van der Waals surface area contributed by atoms with Crippen LogP contribution in [0.5, 0.6) is 5.75 Å². The molecule has 0 amide bonds. The highest BCUT2D eigenvalue weighted by Crippen LogP contribution is 2.38. The van der Waals surface area contributed by atoms with Gasteiger partial charge in [0.1, 0.15) is 5.75 Å². The summed E-state index contributed by atoms with van der Waals surface area (Å²) in [4.78, 5) is 11.6. The standard InChI is InChI=1S/C14H20N2O5S/c1-15(2)22(19,20)16-8-11(12(9-16)14(17)18)10-6-4-5-7-13(10)21-3/h4-7,11-12H,8-9H2,1-3H3,(H,17,18)/t11-,12+/m1/s1. The number of hydrogen-bond donors (Lipinski definition) is 1. The van der Waals surface area contributed by atoms with Crippen molar-refractivity contribution >= 4 is 16.2 Å². The second-order valence-corrected chi connectivity index (χ2v) is 7.54. The number of ether oxygens (including phenoxy) is 1. The van der Waals surface area contributed by atoms with Crippen LogP contribution >= 0.6 is 0 Å². The van der Waals surface area contributed by atoms with E-state index < -0.39 is 28.0 Å². The third kappa shape index (κ3) is 2.94. The molecular formula is C14H20N2O5S. The summed E-state index contributed by atoms with van der Waals surface area (Å²) in [6.07, 6.45) is 0. The van der Waals surface area contributed by atoms with E-state index in [2.05, 4.69) is 0 Å². The van der Waals surface area contributed by atoms with Crippen LogP contribution in [0.3, 0.4) is 0 Å². The lowest BCUT2D eigenvalue weighted by molar-refractivity contribution is -0.141. The van der Waals surface area contributed by atoms with Crippen molar-refractivity contribution in [3.8, 4) is 5.75 Å². The van der Waals surface area contributed by atoms with Gasteiger partial charge in [0.15, 0.2) is 0 Å². The number of rotatable bonds is 5. The number of nitrogens with zero attached hydrogens (tertiary/aromatic N) is 2. The number of methoxy groups -OCH3 is 1. The van der Waals surface area contributed by atoms with Gasteiger partial charge in [0, 0.05) is 33.1 Å². The Labute approximate surface area is 130 Å². The summed E-state index contributed by atoms with van der Waals surface area (Å²) in [5.74, 6) is -1.68. The fourth-order valence-electron chi connectivity index (χ4n) is 2.73. The van der Waals surface area contributed by atoms with Crippen molar-refractivity contribution in [2.24, 2.45) is 5.92 Å². The summed E-state index contributed by atoms with van der Waals surface area (Å²) >= 11 is 0. The lowest BCUT2D eigenvalue weighted by atomic mass is 9.88. The predicted molar refractivity (Wildman–Crippen MR) is 81.0 cm³/mol. The summed E-state index contributed by atoms with van der Waals surface area (Å²) in [6, 6.07) is 7.11. The fraction of sp³-hybridized carbons (Fsp3) is 0.500. The first-order valence-electron chi connectivity index (χ1n) is 6.82. The molecule has 1 saturated heterocycles. The molecule has 8 heteroatoms. The second kappa shape index (κ2) is 6.23. The van der Waals surface area contributed by atoms with Crippen LogP contribution in [-0.4, -0.2) is 62.4 Å². The molecule has 1 aliphatic heterocycles. The van der Waals surface area contributed by atoms with Crippen LogP contribution in [-0.2, 0) is 15.0 Å². The molecular weight excluding hydrogens is 308 g/mol. The van der Waals surface area contributed by atoms with Crippen molar-refractivity contribution in [2.75, 3.05) is 34.3 Å². The van der Waals surface area contributed by atoms with E-state index in [0.717, 1.165) is 4.31 Å². The molecule has 0 saturated carbocycles. The number of benzene rings is 1. The van der Waals surface area contributed by atoms with Gasteiger partial charge in [-0.3, -0.25) is 4.79 Å². The van der Waals surface area contributed by atoms with E-state index in [9.17, 15) is 18.3 Å². The van der Waals surface area contributed by atoms with Crippen LogP contribution in [0, 0.1) is 5.92 Å². The molecule has 1 fully saturated rings. The van der Waals surface area contributed by atoms with Gasteiger partial charge in [-0.05, 0) is 11.6 Å². The third-order valence-corrected chi connectivity index (χ3v) is 5.80. The van der Waals surface area contributed by atoms with Crippen LogP contribution in [0.4, 0.5) is 0 Å². The van der Waals surface area contributed by atoms with Crippen molar-refractivity contribution in [3.05, 3.63) is 29.8 Å². The number of para-hydroxylation sites is 1. The monoisotopic (exact) mass is 328 g/mol. The molecule has 0 bridgehead atoms. The molecule has 0 aliphatic carbocycles. The highest BCUT2D eigenvalue weighted by molar-refractivity contribution is 7.86. The molecule has 2 rings (SSSR count). The minimum absolute atomic E-state index is 0.0431. The molecule has 0 spiro atoms. The normalized spacial score (nSPS) is 22.9. The summed E-state index contributed by atoms with van der Waals surface area (Å²) in [7, 11) is 0.735. The van der Waals surface area contributed by atoms with Crippen LogP contribution in [0.2, 0.25) is 0 Å². The number of carboxylic acid groups (broad SMARTS) is 1. The Morgan fingerprint density at radius 1 is 1.32 bits per heavy atom. The van der Waals surface area contributed by atoms with Crippen LogP contribution in [0.1, 0.15) is 11.5 Å². The molecule has 22 heavy (non-hydrogen) atoms. The second-order valence-electron chi connectivity index (χ2n) is 5.40. The average molecular weight is 328 g/mol. The SMILES string of the molecule is COc1ccccc1[C@H]1CN(S(=O)(=O)N(C)C)C[C@@H]1C(=O)O. The highest BCUT2D eigenvalue weighted by Gasteiger charge is 2.44. The molecule has 1 heterocycles. The maximum atomic E-state index is 12.3. The van der Waals surface area contributed by atoms with Gasteiger partial charge in [-0.2, -0.15) is 17.0 Å². The Hall–Kier alpha value is -1.64. The van der Waals surface area contributed by atoms with Crippen molar-refractivity contribution in [2.45, 2.75) is 5.92 Å². The molecule has 7 nitrogen and oxygen atoms in total. The number of carboxylic acids is 1. The Kier molecular flexibility index (Phi) is 4.74. The van der Waals surface area contributed by atoms with Crippen molar-refractivity contribution in [3.63, 3.8) is 0 Å². The largest absolute Gasteiger partial charge is 0.496 e. The molecule has 0 aromatic heterocycles. The molecule has 1 N–H and O–H groups in total. The number of carbonyl (C=O) groups is 1. The van der Waals surface area contributed by atoms with Crippen LogP contribution in [0.25, 0.3) is 0 Å². The maximum Gasteiger partial charge on any atom is 0.308 e. The molecule has 0 radical (unpaired) electrons. The zero-order valence-corrected chi connectivity index (χ0v) is 13.6. The van der Waals surface area contributed by atoms with Gasteiger partial charge in [0.2, 0.25) is 0 Å². The minimum atomic E-state index is -3.64. The van der Waals surface area contributed by atoms with E-state index in [-0.39, 0.29) is 13.1 Å². The van der Waals surface area contributed by atoms with Crippen LogP contribution in [0.15, 0.2) is 24.3 Å². The Morgan fingerprint density at radius 3 is 2.50 bits per heavy atom. The molecule has 122 valence electrons. The Balaban J connectivity index is 2.40. The lowest BCUT2D eigenvalue weighted by Crippen LogP contribution is -2.39. The van der Waals surface area contributed by atoms with E-state index in [1.807, 2.05) is 0 Å². The highest BCUT2D eigenvalue weighted by atomic mass is 32.2. The van der Waals surface area contributed by atoms with Crippen molar-refractivity contribution in [1.82, 2.24) is 8.61 Å². The fourth-order valence-corrected chi connectivity index (χ4v) is 3.89.